The summed E-state index contributed by atoms with van der Waals surface area (Å²) in [6, 6.07) is 0. The van der Waals surface area contributed by atoms with E-state index in [-0.39, 0.29) is 11.3 Å². The molecule has 0 unspecified atom stereocenters. The first kappa shape index (κ1) is 11.7. The van der Waals surface area contributed by atoms with Crippen LogP contribution >= 0.6 is 0 Å². The van der Waals surface area contributed by atoms with Crippen molar-refractivity contribution in [3.63, 3.8) is 0 Å². The highest BCUT2D eigenvalue weighted by Crippen LogP contribution is 1.96. The topological polar surface area (TPSA) is 55.0 Å². The summed E-state index contributed by atoms with van der Waals surface area (Å²) < 4.78 is 5.08. The Morgan fingerprint density at radius 1 is 1.54 bits per heavy atom. The summed E-state index contributed by atoms with van der Waals surface area (Å²) in [5.74, 6) is 0.286. The van der Waals surface area contributed by atoms with E-state index in [2.05, 4.69) is 9.97 Å². The highest BCUT2D eigenvalue weighted by molar-refractivity contribution is 5.10. The van der Waals surface area contributed by atoms with Crippen LogP contribution in [0.25, 0.3) is 0 Å². The van der Waals surface area contributed by atoms with Gasteiger partial charge in [0.2, 0.25) is 5.75 Å². The van der Waals surface area contributed by atoms with E-state index >= 15 is 0 Å². The summed E-state index contributed by atoms with van der Waals surface area (Å²) in [6.45, 7) is 6.53. The van der Waals surface area contributed by atoms with Crippen molar-refractivity contribution in [2.24, 2.45) is 0 Å². The van der Waals surface area contributed by atoms with Gasteiger partial charge in [-0.15, -0.1) is 0 Å². The van der Waals surface area contributed by atoms with Crippen LogP contribution in [0.1, 0.15) is 27.2 Å². The van der Waals surface area contributed by atoms with Gasteiger partial charge in [-0.25, -0.2) is 4.98 Å². The van der Waals surface area contributed by atoms with Crippen LogP contribution in [0, 0.1) is 0 Å². The van der Waals surface area contributed by atoms with Crippen molar-refractivity contribution >= 4 is 0 Å². The molecule has 0 fully saturated rings. The minimum absolute atomic E-state index is 0.228. The Morgan fingerprint density at radius 3 is 2.77 bits per heavy atom. The summed E-state index contributed by atoms with van der Waals surface area (Å²) in [6.07, 6.45) is 3.63. The molecule has 0 saturated heterocycles. The third-order valence-electron chi connectivity index (χ3n) is 1.15. The molecule has 74 valence electrons. The third-order valence-corrected chi connectivity index (χ3v) is 1.15. The molecule has 1 aromatic heterocycles. The Kier molecular flexibility index (Phi) is 6.59. The second-order valence-electron chi connectivity index (χ2n) is 2.09. The normalized spacial score (nSPS) is 8.54. The highest BCUT2D eigenvalue weighted by atomic mass is 16.5. The van der Waals surface area contributed by atoms with Crippen LogP contribution in [-0.2, 0) is 0 Å². The molecule has 1 heterocycles. The van der Waals surface area contributed by atoms with E-state index in [1.54, 1.807) is 0 Å². The number of ether oxygens (including phenoxy) is 1. The molecule has 4 heteroatoms. The zero-order valence-corrected chi connectivity index (χ0v) is 8.33. The lowest BCUT2D eigenvalue weighted by atomic mass is 10.5. The Balaban J connectivity index is 0.000000671. The minimum atomic E-state index is -0.228. The number of nitrogens with zero attached hydrogens (tertiary/aromatic N) is 1. The second-order valence-corrected chi connectivity index (χ2v) is 2.09. The molecule has 1 rings (SSSR count). The largest absolute Gasteiger partial charge is 0.487 e. The first-order valence-electron chi connectivity index (χ1n) is 4.50. The van der Waals surface area contributed by atoms with Gasteiger partial charge in [0.1, 0.15) is 0 Å². The second kappa shape index (κ2) is 7.34. The predicted molar refractivity (Wildman–Crippen MR) is 52.0 cm³/mol. The highest BCUT2D eigenvalue weighted by Gasteiger charge is 1.96. The molecule has 0 atom stereocenters. The molecule has 0 aromatic carbocycles. The van der Waals surface area contributed by atoms with Crippen molar-refractivity contribution in [3.05, 3.63) is 22.9 Å². The van der Waals surface area contributed by atoms with Gasteiger partial charge < -0.3 is 9.72 Å². The zero-order valence-electron chi connectivity index (χ0n) is 8.33. The number of hydrogen-bond donors (Lipinski definition) is 1. The van der Waals surface area contributed by atoms with Crippen LogP contribution in [0.2, 0.25) is 0 Å². The van der Waals surface area contributed by atoms with Crippen molar-refractivity contribution in [1.29, 1.82) is 0 Å². The summed E-state index contributed by atoms with van der Waals surface area (Å²) in [4.78, 5) is 17.0. The maximum absolute atomic E-state index is 10.9. The number of H-pyrrole nitrogens is 1. The van der Waals surface area contributed by atoms with Crippen molar-refractivity contribution in [1.82, 2.24) is 9.97 Å². The van der Waals surface area contributed by atoms with Gasteiger partial charge in [0.25, 0.3) is 5.56 Å². The fraction of sp³-hybridized carbons (Fsp3) is 0.556. The standard InChI is InChI=1S/C7H10N2O2.C2H6/c1-2-3-11-6-4-8-5-9-7(6)10;1-2/h4-5H,2-3H2,1H3,(H,8,9,10);1-2H3. The predicted octanol–water partition coefficient (Wildman–Crippen LogP) is 1.58. The lowest BCUT2D eigenvalue weighted by Crippen LogP contribution is -2.11. The number of aromatic nitrogens is 2. The Bertz CT molecular complexity index is 270. The molecule has 0 radical (unpaired) electrons. The van der Waals surface area contributed by atoms with Gasteiger partial charge in [-0.1, -0.05) is 20.8 Å². The van der Waals surface area contributed by atoms with Crippen LogP contribution < -0.4 is 10.3 Å². The van der Waals surface area contributed by atoms with E-state index in [1.807, 2.05) is 20.8 Å². The van der Waals surface area contributed by atoms with Crippen molar-refractivity contribution in [2.75, 3.05) is 6.61 Å². The smallest absolute Gasteiger partial charge is 0.293 e. The maximum atomic E-state index is 10.9. The van der Waals surface area contributed by atoms with Crippen molar-refractivity contribution in [3.8, 4) is 5.75 Å². The molecule has 1 N–H and O–H groups in total. The zero-order chi connectivity index (χ0) is 10.1. The molecule has 0 aliphatic heterocycles. The van der Waals surface area contributed by atoms with Gasteiger partial charge in [-0.3, -0.25) is 4.79 Å². The van der Waals surface area contributed by atoms with E-state index in [4.69, 9.17) is 4.74 Å². The number of rotatable bonds is 3. The molecule has 0 saturated carbocycles. The summed E-state index contributed by atoms with van der Waals surface area (Å²) in [5, 5.41) is 0. The average Bonchev–Trinajstić information content (AvgIpc) is 2.20. The van der Waals surface area contributed by atoms with E-state index in [0.29, 0.717) is 6.61 Å². The van der Waals surface area contributed by atoms with E-state index in [1.165, 1.54) is 12.5 Å². The fourth-order valence-corrected chi connectivity index (χ4v) is 0.645. The average molecular weight is 184 g/mol. The van der Waals surface area contributed by atoms with Gasteiger partial charge in [0.05, 0.1) is 19.1 Å². The van der Waals surface area contributed by atoms with Crippen LogP contribution in [0.4, 0.5) is 0 Å². The Hall–Kier alpha value is -1.32. The Morgan fingerprint density at radius 2 is 2.23 bits per heavy atom. The van der Waals surface area contributed by atoms with Crippen LogP contribution in [-0.4, -0.2) is 16.6 Å². The first-order chi connectivity index (χ1) is 6.34. The monoisotopic (exact) mass is 184 g/mol. The van der Waals surface area contributed by atoms with Gasteiger partial charge in [-0.2, -0.15) is 0 Å². The summed E-state index contributed by atoms with van der Waals surface area (Å²) in [7, 11) is 0. The first-order valence-corrected chi connectivity index (χ1v) is 4.50. The van der Waals surface area contributed by atoms with Crippen LogP contribution in [0.15, 0.2) is 17.3 Å². The number of aromatic amines is 1. The van der Waals surface area contributed by atoms with E-state index in [9.17, 15) is 4.79 Å². The quantitative estimate of drug-likeness (QED) is 0.776. The SMILES string of the molecule is CC.CCCOc1cnc[nH]c1=O. The lowest BCUT2D eigenvalue weighted by molar-refractivity contribution is 0.311. The molecule has 0 spiro atoms. The van der Waals surface area contributed by atoms with Crippen LogP contribution in [0.3, 0.4) is 0 Å². The number of nitrogens with one attached hydrogen (secondary N) is 1. The lowest BCUT2D eigenvalue weighted by Gasteiger charge is -2.00. The molecule has 0 bridgehead atoms. The summed E-state index contributed by atoms with van der Waals surface area (Å²) >= 11 is 0. The number of hydrogen-bond acceptors (Lipinski definition) is 3. The molecule has 0 aliphatic carbocycles. The molecule has 0 amide bonds. The van der Waals surface area contributed by atoms with Gasteiger partial charge in [0, 0.05) is 0 Å². The molecule has 0 aliphatic rings. The van der Waals surface area contributed by atoms with Crippen LogP contribution in [0.5, 0.6) is 5.75 Å². The van der Waals surface area contributed by atoms with E-state index < -0.39 is 0 Å². The van der Waals surface area contributed by atoms with Gasteiger partial charge in [0.15, 0.2) is 0 Å². The van der Waals surface area contributed by atoms with Crippen molar-refractivity contribution < 1.29 is 4.74 Å². The maximum Gasteiger partial charge on any atom is 0.293 e. The molecule has 1 aromatic rings. The van der Waals surface area contributed by atoms with E-state index in [0.717, 1.165) is 6.42 Å². The molecular weight excluding hydrogens is 168 g/mol. The fourth-order valence-electron chi connectivity index (χ4n) is 0.645. The molecule has 4 nitrogen and oxygen atoms in total. The van der Waals surface area contributed by atoms with Gasteiger partial charge in [-0.05, 0) is 6.42 Å². The third kappa shape index (κ3) is 4.30. The minimum Gasteiger partial charge on any atom is -0.487 e. The summed E-state index contributed by atoms with van der Waals surface area (Å²) in [5.41, 5.74) is -0.228. The molecular formula is C9H16N2O2. The molecule has 13 heavy (non-hydrogen) atoms. The van der Waals surface area contributed by atoms with Gasteiger partial charge >= 0.3 is 0 Å². The van der Waals surface area contributed by atoms with Crippen molar-refractivity contribution in [2.45, 2.75) is 27.2 Å². The Labute approximate surface area is 78.0 Å².